The maximum Gasteiger partial charge on any atom is 0.309 e. The molecule has 2 fully saturated rings. The Kier molecular flexibility index (Phi) is 7.55. The molecule has 2 heterocycles. The van der Waals surface area contributed by atoms with Gasteiger partial charge in [-0.2, -0.15) is 11.8 Å². The average molecular weight is 392 g/mol. The minimum atomic E-state index is -0.548. The Hall–Kier alpha value is -1.57. The first-order valence-corrected chi connectivity index (χ1v) is 10.9. The van der Waals surface area contributed by atoms with Gasteiger partial charge in [0.2, 0.25) is 0 Å². The van der Waals surface area contributed by atoms with Crippen LogP contribution in [0.4, 0.5) is 0 Å². The molecule has 0 radical (unpaired) electrons. The first-order chi connectivity index (χ1) is 13.2. The number of thioether (sulfide) groups is 1. The van der Waals surface area contributed by atoms with E-state index in [1.165, 1.54) is 0 Å². The van der Waals surface area contributed by atoms with E-state index in [1.807, 2.05) is 42.1 Å². The first-order valence-electron chi connectivity index (χ1n) is 9.70. The van der Waals surface area contributed by atoms with Gasteiger partial charge in [-0.1, -0.05) is 30.3 Å². The van der Waals surface area contributed by atoms with Crippen LogP contribution in [0.5, 0.6) is 0 Å². The van der Waals surface area contributed by atoms with Gasteiger partial charge in [0.25, 0.3) is 0 Å². The maximum atomic E-state index is 12.3. The van der Waals surface area contributed by atoms with E-state index >= 15 is 0 Å². The van der Waals surface area contributed by atoms with Gasteiger partial charge in [-0.3, -0.25) is 14.5 Å². The average Bonchev–Trinajstić information content (AvgIpc) is 2.74. The maximum absolute atomic E-state index is 12.3. The molecule has 6 nitrogen and oxygen atoms in total. The smallest absolute Gasteiger partial charge is 0.309 e. The van der Waals surface area contributed by atoms with Gasteiger partial charge in [0.05, 0.1) is 13.2 Å². The van der Waals surface area contributed by atoms with Crippen LogP contribution >= 0.6 is 11.8 Å². The number of benzene rings is 1. The largest absolute Gasteiger partial charge is 0.379 e. The molecule has 2 aliphatic rings. The number of nitrogens with one attached hydrogen (secondary N) is 2. The van der Waals surface area contributed by atoms with Crippen LogP contribution in [0.25, 0.3) is 0 Å². The molecule has 3 rings (SSSR count). The van der Waals surface area contributed by atoms with Gasteiger partial charge < -0.3 is 15.4 Å². The van der Waals surface area contributed by atoms with E-state index in [4.69, 9.17) is 4.74 Å². The molecule has 27 heavy (non-hydrogen) atoms. The Morgan fingerprint density at radius 3 is 2.41 bits per heavy atom. The van der Waals surface area contributed by atoms with Crippen LogP contribution in [0, 0.1) is 0 Å². The molecule has 1 aromatic carbocycles. The van der Waals surface area contributed by atoms with Crippen molar-refractivity contribution in [2.75, 3.05) is 50.9 Å². The summed E-state index contributed by atoms with van der Waals surface area (Å²) in [5, 5.41) is 5.62. The molecule has 2 N–H and O–H groups in total. The number of carbonyl (C=O) groups is 2. The molecule has 0 bridgehead atoms. The summed E-state index contributed by atoms with van der Waals surface area (Å²) < 4.78 is 5.48. The van der Waals surface area contributed by atoms with Crippen molar-refractivity contribution in [2.45, 2.75) is 24.8 Å². The predicted molar refractivity (Wildman–Crippen MR) is 108 cm³/mol. The molecule has 0 aromatic heterocycles. The van der Waals surface area contributed by atoms with E-state index in [0.717, 1.165) is 62.6 Å². The van der Waals surface area contributed by atoms with Crippen LogP contribution in [0.15, 0.2) is 30.3 Å². The second-order valence-corrected chi connectivity index (χ2v) is 8.34. The van der Waals surface area contributed by atoms with E-state index < -0.39 is 11.8 Å². The number of hydrogen-bond donors (Lipinski definition) is 2. The SMILES string of the molecule is O=C(NCCc1ccccc1)C(=O)NCC1(N2CCOCC2)CCSCC1. The predicted octanol–water partition coefficient (Wildman–Crippen LogP) is 1.06. The molecule has 0 atom stereocenters. The lowest BCUT2D eigenvalue weighted by Crippen LogP contribution is -2.61. The highest BCUT2D eigenvalue weighted by atomic mass is 32.2. The molecule has 0 spiro atoms. The fraction of sp³-hybridized carbons (Fsp3) is 0.600. The minimum Gasteiger partial charge on any atom is -0.379 e. The van der Waals surface area contributed by atoms with Crippen molar-refractivity contribution in [3.63, 3.8) is 0 Å². The number of morpholine rings is 1. The Balaban J connectivity index is 1.47. The van der Waals surface area contributed by atoms with Crippen molar-refractivity contribution < 1.29 is 14.3 Å². The highest BCUT2D eigenvalue weighted by molar-refractivity contribution is 7.99. The third kappa shape index (κ3) is 5.70. The van der Waals surface area contributed by atoms with Crippen LogP contribution < -0.4 is 10.6 Å². The summed E-state index contributed by atoms with van der Waals surface area (Å²) in [6.07, 6.45) is 2.79. The van der Waals surface area contributed by atoms with Crippen molar-refractivity contribution in [1.82, 2.24) is 15.5 Å². The number of hydrogen-bond acceptors (Lipinski definition) is 5. The van der Waals surface area contributed by atoms with Crippen LogP contribution in [-0.2, 0) is 20.7 Å². The van der Waals surface area contributed by atoms with E-state index in [0.29, 0.717) is 13.1 Å². The zero-order valence-corrected chi connectivity index (χ0v) is 16.6. The second-order valence-electron chi connectivity index (χ2n) is 7.11. The number of nitrogens with zero attached hydrogens (tertiary/aromatic N) is 1. The van der Waals surface area contributed by atoms with E-state index in [9.17, 15) is 9.59 Å². The molecular formula is C20H29N3O3S. The third-order valence-corrected chi connectivity index (χ3v) is 6.42. The highest BCUT2D eigenvalue weighted by Gasteiger charge is 2.39. The Labute approximate surface area is 165 Å². The quantitative estimate of drug-likeness (QED) is 0.710. The van der Waals surface area contributed by atoms with Gasteiger partial charge in [-0.15, -0.1) is 0 Å². The van der Waals surface area contributed by atoms with Crippen LogP contribution in [0.3, 0.4) is 0 Å². The van der Waals surface area contributed by atoms with Gasteiger partial charge in [-0.05, 0) is 36.3 Å². The zero-order valence-electron chi connectivity index (χ0n) is 15.7. The number of ether oxygens (including phenoxy) is 1. The first kappa shape index (κ1) is 20.2. The van der Waals surface area contributed by atoms with E-state index in [2.05, 4.69) is 15.5 Å². The summed E-state index contributed by atoms with van der Waals surface area (Å²) in [4.78, 5) is 26.9. The van der Waals surface area contributed by atoms with Gasteiger partial charge in [-0.25, -0.2) is 0 Å². The zero-order chi connectivity index (χ0) is 19.0. The van der Waals surface area contributed by atoms with E-state index in [-0.39, 0.29) is 5.54 Å². The Morgan fingerprint density at radius 2 is 1.70 bits per heavy atom. The minimum absolute atomic E-state index is 0.0466. The molecule has 0 unspecified atom stereocenters. The molecule has 1 aromatic rings. The van der Waals surface area contributed by atoms with Crippen molar-refractivity contribution >= 4 is 23.6 Å². The number of carbonyl (C=O) groups excluding carboxylic acids is 2. The summed E-state index contributed by atoms with van der Waals surface area (Å²) in [6, 6.07) is 9.93. The standard InChI is InChI=1S/C20H29N3O3S/c24-18(21-9-6-17-4-2-1-3-5-17)19(25)22-16-20(7-14-27-15-8-20)23-10-12-26-13-11-23/h1-5H,6-16H2,(H,21,24)(H,22,25). The lowest BCUT2D eigenvalue weighted by molar-refractivity contribution is -0.139. The van der Waals surface area contributed by atoms with Gasteiger partial charge in [0.15, 0.2) is 0 Å². The summed E-state index contributed by atoms with van der Waals surface area (Å²) >= 11 is 1.96. The normalized spacial score (nSPS) is 20.0. The lowest BCUT2D eigenvalue weighted by atomic mass is 9.89. The van der Waals surface area contributed by atoms with Crippen LogP contribution in [0.2, 0.25) is 0 Å². The second kappa shape index (κ2) is 10.1. The monoisotopic (exact) mass is 391 g/mol. The lowest BCUT2D eigenvalue weighted by Gasteiger charge is -2.47. The van der Waals surface area contributed by atoms with Gasteiger partial charge >= 0.3 is 11.8 Å². The molecule has 0 saturated carbocycles. The topological polar surface area (TPSA) is 70.7 Å². The molecule has 0 aliphatic carbocycles. The molecule has 148 valence electrons. The fourth-order valence-electron chi connectivity index (χ4n) is 3.76. The molecule has 2 amide bonds. The highest BCUT2D eigenvalue weighted by Crippen LogP contribution is 2.32. The third-order valence-electron chi connectivity index (χ3n) is 5.43. The van der Waals surface area contributed by atoms with Crippen LogP contribution in [0.1, 0.15) is 18.4 Å². The van der Waals surface area contributed by atoms with E-state index in [1.54, 1.807) is 0 Å². The summed E-state index contributed by atoms with van der Waals surface area (Å²) in [6.45, 7) is 4.25. The molecular weight excluding hydrogens is 362 g/mol. The Morgan fingerprint density at radius 1 is 1.04 bits per heavy atom. The summed E-state index contributed by atoms with van der Waals surface area (Å²) in [5.74, 6) is 1.11. The van der Waals surface area contributed by atoms with Crippen molar-refractivity contribution in [3.05, 3.63) is 35.9 Å². The van der Waals surface area contributed by atoms with Crippen molar-refractivity contribution in [2.24, 2.45) is 0 Å². The molecule has 2 saturated heterocycles. The Bertz CT molecular complexity index is 614. The van der Waals surface area contributed by atoms with Crippen molar-refractivity contribution in [3.8, 4) is 0 Å². The van der Waals surface area contributed by atoms with Gasteiger partial charge in [0, 0.05) is 31.7 Å². The van der Waals surface area contributed by atoms with Gasteiger partial charge in [0.1, 0.15) is 0 Å². The molecule has 7 heteroatoms. The number of amides is 2. The summed E-state index contributed by atoms with van der Waals surface area (Å²) in [7, 11) is 0. The number of rotatable bonds is 6. The fourth-order valence-corrected chi connectivity index (χ4v) is 5.02. The molecule has 2 aliphatic heterocycles. The van der Waals surface area contributed by atoms with Crippen LogP contribution in [-0.4, -0.2) is 73.2 Å². The summed E-state index contributed by atoms with van der Waals surface area (Å²) in [5.41, 5.74) is 1.10. The van der Waals surface area contributed by atoms with Crippen molar-refractivity contribution in [1.29, 1.82) is 0 Å².